The molecule has 0 fully saturated rings. The molecule has 3 atom stereocenters. The number of anilines is 1. The molecule has 33 heavy (non-hydrogen) atoms. The van der Waals surface area contributed by atoms with Gasteiger partial charge in [-0.05, 0) is 61.1 Å². The highest BCUT2D eigenvalue weighted by Gasteiger charge is 2.60. The van der Waals surface area contributed by atoms with E-state index in [4.69, 9.17) is 14.2 Å². The van der Waals surface area contributed by atoms with Crippen molar-refractivity contribution in [2.45, 2.75) is 31.8 Å². The quantitative estimate of drug-likeness (QED) is 0.241. The van der Waals surface area contributed by atoms with Crippen molar-refractivity contribution in [3.05, 3.63) is 62.8 Å². The van der Waals surface area contributed by atoms with Crippen molar-refractivity contribution in [1.29, 1.82) is 0 Å². The minimum atomic E-state index is -1.11. The molecule has 2 bridgehead atoms. The molecule has 1 spiro atoms. The van der Waals surface area contributed by atoms with Crippen LogP contribution in [-0.4, -0.2) is 44.4 Å². The highest BCUT2D eigenvalue weighted by Crippen LogP contribution is 2.58. The lowest BCUT2D eigenvalue weighted by Gasteiger charge is -2.36. The summed E-state index contributed by atoms with van der Waals surface area (Å²) in [6.45, 7) is 5.47. The summed E-state index contributed by atoms with van der Waals surface area (Å²) in [4.78, 5) is 41.0. The van der Waals surface area contributed by atoms with Crippen LogP contribution in [0.5, 0.6) is 0 Å². The Morgan fingerprint density at radius 2 is 1.97 bits per heavy atom. The maximum absolute atomic E-state index is 14.0. The summed E-state index contributed by atoms with van der Waals surface area (Å²) in [6, 6.07) is 5.73. The highest BCUT2D eigenvalue weighted by atomic mass is 127. The zero-order chi connectivity index (χ0) is 24.1. The maximum Gasteiger partial charge on any atom is 0.334 e. The molecule has 0 saturated carbocycles. The molecule has 2 aliphatic carbocycles. The van der Waals surface area contributed by atoms with Crippen molar-refractivity contribution in [3.63, 3.8) is 0 Å². The lowest BCUT2D eigenvalue weighted by molar-refractivity contribution is -0.148. The van der Waals surface area contributed by atoms with Crippen molar-refractivity contribution >= 4 is 46.1 Å². The van der Waals surface area contributed by atoms with Crippen LogP contribution < -0.4 is 4.90 Å². The first-order valence-electron chi connectivity index (χ1n) is 10.6. The normalized spacial score (nSPS) is 26.6. The SMILES string of the molecule is COCN1C(=O)[C@]2(C=C[C@@H]3C(C(=O)OC)=C[C@H]2/C3=C\C(=O)OC(C)(C)C)c2c(I)cccc21. The van der Waals surface area contributed by atoms with Gasteiger partial charge in [0.05, 0.1) is 12.8 Å². The standard InChI is InChI=1S/C25H26INO6/c1-24(2,3)33-20(28)12-15-14-9-10-25(17(15)11-16(14)22(29)32-5)21-18(26)7-6-8-19(21)27(13-31-4)23(25)30/h6-12,14,17H,13H2,1-5H3/b15-12-/t14-,17-,25-/m0/s1. The second-order valence-corrected chi connectivity index (χ2v) is 10.4. The number of methoxy groups -OCH3 is 2. The molecule has 0 saturated heterocycles. The van der Waals surface area contributed by atoms with E-state index < -0.39 is 34.8 Å². The number of esters is 2. The van der Waals surface area contributed by atoms with E-state index in [-0.39, 0.29) is 12.6 Å². The lowest BCUT2D eigenvalue weighted by atomic mass is 9.65. The maximum atomic E-state index is 14.0. The van der Waals surface area contributed by atoms with Crippen LogP contribution in [0.25, 0.3) is 0 Å². The fraction of sp³-hybridized carbons (Fsp3) is 0.400. The number of rotatable bonds is 4. The molecule has 3 aliphatic rings. The molecule has 8 heteroatoms. The number of amides is 1. The number of hydrogen-bond acceptors (Lipinski definition) is 6. The van der Waals surface area contributed by atoms with Gasteiger partial charge in [-0.15, -0.1) is 0 Å². The fourth-order valence-corrected chi connectivity index (χ4v) is 5.89. The van der Waals surface area contributed by atoms with Crippen LogP contribution in [-0.2, 0) is 34.0 Å². The Kier molecular flexibility index (Phi) is 6.03. The van der Waals surface area contributed by atoms with Crippen LogP contribution in [0.4, 0.5) is 5.69 Å². The van der Waals surface area contributed by atoms with Gasteiger partial charge in [-0.1, -0.05) is 24.3 Å². The number of nitrogens with zero attached hydrogens (tertiary/aromatic N) is 1. The number of benzene rings is 1. The zero-order valence-electron chi connectivity index (χ0n) is 19.2. The first-order valence-corrected chi connectivity index (χ1v) is 11.7. The van der Waals surface area contributed by atoms with E-state index in [0.29, 0.717) is 11.1 Å². The van der Waals surface area contributed by atoms with Gasteiger partial charge in [-0.25, -0.2) is 9.59 Å². The third kappa shape index (κ3) is 3.73. The molecular formula is C25H26INO6. The van der Waals surface area contributed by atoms with E-state index in [0.717, 1.165) is 14.8 Å². The Hall–Kier alpha value is -2.46. The Morgan fingerprint density at radius 3 is 2.61 bits per heavy atom. The van der Waals surface area contributed by atoms with Gasteiger partial charge >= 0.3 is 11.9 Å². The number of carbonyl (C=O) groups is 3. The molecule has 0 N–H and O–H groups in total. The zero-order valence-corrected chi connectivity index (χ0v) is 21.3. The lowest BCUT2D eigenvalue weighted by Crippen LogP contribution is -2.46. The number of halogens is 1. The molecule has 0 unspecified atom stereocenters. The Balaban J connectivity index is 1.93. The summed E-state index contributed by atoms with van der Waals surface area (Å²) in [7, 11) is 2.86. The van der Waals surface area contributed by atoms with Crippen molar-refractivity contribution in [3.8, 4) is 0 Å². The van der Waals surface area contributed by atoms with Crippen LogP contribution in [0.2, 0.25) is 0 Å². The van der Waals surface area contributed by atoms with Crippen molar-refractivity contribution in [2.24, 2.45) is 11.8 Å². The van der Waals surface area contributed by atoms with Crippen molar-refractivity contribution in [2.75, 3.05) is 25.9 Å². The molecule has 1 heterocycles. The van der Waals surface area contributed by atoms with Crippen LogP contribution in [0.1, 0.15) is 26.3 Å². The third-order valence-electron chi connectivity index (χ3n) is 6.11. The Bertz CT molecular complexity index is 1130. The average molecular weight is 563 g/mol. The molecular weight excluding hydrogens is 537 g/mol. The van der Waals surface area contributed by atoms with E-state index in [2.05, 4.69) is 22.6 Å². The summed E-state index contributed by atoms with van der Waals surface area (Å²) < 4.78 is 16.8. The molecule has 174 valence electrons. The monoisotopic (exact) mass is 563 g/mol. The van der Waals surface area contributed by atoms with E-state index in [1.54, 1.807) is 31.7 Å². The second kappa shape index (κ2) is 8.39. The summed E-state index contributed by atoms with van der Waals surface area (Å²) >= 11 is 2.23. The number of ether oxygens (including phenoxy) is 3. The topological polar surface area (TPSA) is 82.1 Å². The van der Waals surface area contributed by atoms with E-state index in [1.807, 2.05) is 30.4 Å². The van der Waals surface area contributed by atoms with E-state index in [1.165, 1.54) is 20.3 Å². The molecule has 4 rings (SSSR count). The predicted molar refractivity (Wildman–Crippen MR) is 130 cm³/mol. The molecule has 1 amide bonds. The summed E-state index contributed by atoms with van der Waals surface area (Å²) in [6.07, 6.45) is 6.90. The molecule has 0 aromatic heterocycles. The predicted octanol–water partition coefficient (Wildman–Crippen LogP) is 3.66. The third-order valence-corrected chi connectivity index (χ3v) is 7.01. The summed E-state index contributed by atoms with van der Waals surface area (Å²) in [5.74, 6) is -2.17. The van der Waals surface area contributed by atoms with Gasteiger partial charge in [0.2, 0.25) is 5.91 Å². The first-order chi connectivity index (χ1) is 15.5. The van der Waals surface area contributed by atoms with Gasteiger partial charge < -0.3 is 14.2 Å². The van der Waals surface area contributed by atoms with Crippen LogP contribution in [0.15, 0.2) is 53.6 Å². The van der Waals surface area contributed by atoms with Gasteiger partial charge in [-0.3, -0.25) is 9.69 Å². The molecule has 1 aliphatic heterocycles. The van der Waals surface area contributed by atoms with Gasteiger partial charge in [0, 0.05) is 39.7 Å². The fourth-order valence-electron chi connectivity index (χ4n) is 4.96. The summed E-state index contributed by atoms with van der Waals surface area (Å²) in [5, 5.41) is 0. The number of allylic oxidation sites excluding steroid dienone is 3. The molecule has 1 aromatic rings. The Labute approximate surface area is 206 Å². The average Bonchev–Trinajstić information content (AvgIpc) is 3.12. The van der Waals surface area contributed by atoms with Gasteiger partial charge in [-0.2, -0.15) is 0 Å². The largest absolute Gasteiger partial charge is 0.466 e. The van der Waals surface area contributed by atoms with Crippen molar-refractivity contribution < 1.29 is 28.6 Å². The molecule has 7 nitrogen and oxygen atoms in total. The van der Waals surface area contributed by atoms with E-state index >= 15 is 0 Å². The Morgan fingerprint density at radius 1 is 1.24 bits per heavy atom. The van der Waals surface area contributed by atoms with E-state index in [9.17, 15) is 14.4 Å². The van der Waals surface area contributed by atoms with Gasteiger partial charge in [0.1, 0.15) is 17.7 Å². The smallest absolute Gasteiger partial charge is 0.334 e. The number of fused-ring (bicyclic) bond motifs is 5. The van der Waals surface area contributed by atoms with Crippen LogP contribution in [0, 0.1) is 15.4 Å². The first kappa shape index (κ1) is 23.7. The molecule has 1 aromatic carbocycles. The summed E-state index contributed by atoms with van der Waals surface area (Å²) in [5.41, 5.74) is 0.875. The second-order valence-electron chi connectivity index (χ2n) is 9.26. The van der Waals surface area contributed by atoms with Crippen molar-refractivity contribution in [1.82, 2.24) is 0 Å². The molecule has 0 radical (unpaired) electrons. The van der Waals surface area contributed by atoms with Gasteiger partial charge in [0.25, 0.3) is 0 Å². The highest BCUT2D eigenvalue weighted by molar-refractivity contribution is 14.1. The van der Waals surface area contributed by atoms with Crippen LogP contribution >= 0.6 is 22.6 Å². The number of hydrogen-bond donors (Lipinski definition) is 0. The minimum absolute atomic E-state index is 0.0936. The minimum Gasteiger partial charge on any atom is -0.466 e. The van der Waals surface area contributed by atoms with Crippen LogP contribution in [0.3, 0.4) is 0 Å². The van der Waals surface area contributed by atoms with Gasteiger partial charge in [0.15, 0.2) is 0 Å². The number of carbonyl (C=O) groups excluding carboxylic acids is 3.